The molecule has 0 bridgehead atoms. The van der Waals surface area contributed by atoms with Gasteiger partial charge >= 0.3 is 0 Å². The second kappa shape index (κ2) is 9.63. The predicted octanol–water partition coefficient (Wildman–Crippen LogP) is 4.88. The Morgan fingerprint density at radius 1 is 1.39 bits per heavy atom. The molecular formula is C22H33IN3O4P. The van der Waals surface area contributed by atoms with Crippen LogP contribution in [0, 0.1) is 12.8 Å². The molecule has 1 aromatic heterocycles. The van der Waals surface area contributed by atoms with Crippen LogP contribution in [0.4, 0.5) is 5.95 Å². The summed E-state index contributed by atoms with van der Waals surface area (Å²) < 4.78 is 18.5. The summed E-state index contributed by atoms with van der Waals surface area (Å²) in [6, 6.07) is 5.73. The first kappa shape index (κ1) is 24.3. The number of H-pyrrole nitrogens is 1. The summed E-state index contributed by atoms with van der Waals surface area (Å²) in [6.07, 6.45) is 1.37. The number of aromatic amines is 1. The lowest BCUT2D eigenvalue weighted by atomic mass is 9.96. The van der Waals surface area contributed by atoms with Gasteiger partial charge in [0.05, 0.1) is 25.0 Å². The summed E-state index contributed by atoms with van der Waals surface area (Å²) in [4.78, 5) is 19.0. The van der Waals surface area contributed by atoms with Crippen molar-refractivity contribution in [1.29, 1.82) is 0 Å². The first-order chi connectivity index (χ1) is 14.5. The molecule has 0 aliphatic carbocycles. The minimum absolute atomic E-state index is 0.0961. The highest BCUT2D eigenvalue weighted by Crippen LogP contribution is 2.73. The van der Waals surface area contributed by atoms with Crippen molar-refractivity contribution in [2.45, 2.75) is 46.1 Å². The van der Waals surface area contributed by atoms with E-state index in [1.807, 2.05) is 18.2 Å². The molecule has 9 heteroatoms. The molecule has 2 atom stereocenters. The largest absolute Gasteiger partial charge is 0.496 e. The minimum atomic E-state index is -0.959. The normalized spacial score (nSPS) is 19.2. The van der Waals surface area contributed by atoms with E-state index >= 15 is 0 Å². The van der Waals surface area contributed by atoms with Gasteiger partial charge in [0.15, 0.2) is 0 Å². The summed E-state index contributed by atoms with van der Waals surface area (Å²) in [5.74, 6) is 1.92. The summed E-state index contributed by atoms with van der Waals surface area (Å²) in [7, 11) is 1.62. The second-order valence-corrected chi connectivity index (χ2v) is 21.7. The number of nitrogens with zero attached hydrogens (tertiary/aromatic N) is 1. The van der Waals surface area contributed by atoms with E-state index in [4.69, 9.17) is 19.7 Å². The minimum Gasteiger partial charge on any atom is -0.496 e. The molecule has 3 N–H and O–H groups in total. The maximum Gasteiger partial charge on any atom is 0.256 e. The topological polar surface area (TPSA) is 99.5 Å². The molecule has 0 saturated carbocycles. The number of aromatic nitrogens is 2. The lowest BCUT2D eigenvalue weighted by Crippen LogP contribution is -2.27. The zero-order chi connectivity index (χ0) is 22.8. The Morgan fingerprint density at radius 2 is 2.10 bits per heavy atom. The standard InChI is InChI=1S/C22H33IN3O4P/c1-14(11-22(3,4)30-31(6)13-23-31)12-29-17-8-7-16(19(10-17)28-5)9-18-15(2)25-21(24)26-20(18)27/h7-8,10,14H,9,11-13H2,1-6H3,(H3,24,25,26,27). The van der Waals surface area contributed by atoms with Crippen molar-refractivity contribution in [3.8, 4) is 11.5 Å². The maximum atomic E-state index is 12.3. The first-order valence-corrected chi connectivity index (χ1v) is 17.0. The first-order valence-electron chi connectivity index (χ1n) is 10.3. The molecule has 31 heavy (non-hydrogen) atoms. The Labute approximate surface area is 193 Å². The summed E-state index contributed by atoms with van der Waals surface area (Å²) in [5.41, 5.74) is 7.38. The van der Waals surface area contributed by atoms with Gasteiger partial charge in [-0.1, -0.05) is 33.1 Å². The number of halogens is 1. The van der Waals surface area contributed by atoms with Gasteiger partial charge in [-0.05, 0) is 51.4 Å². The van der Waals surface area contributed by atoms with Crippen LogP contribution in [0.3, 0.4) is 0 Å². The van der Waals surface area contributed by atoms with Crippen molar-refractivity contribution >= 4 is 30.8 Å². The number of nitrogens with two attached hydrogens (primary N) is 1. The highest BCUT2D eigenvalue weighted by Gasteiger charge is 2.32. The monoisotopic (exact) mass is 561 g/mol. The van der Waals surface area contributed by atoms with Gasteiger partial charge < -0.3 is 19.7 Å². The lowest BCUT2D eigenvalue weighted by Gasteiger charge is -2.30. The van der Waals surface area contributed by atoms with Gasteiger partial charge in [0.2, 0.25) is 5.95 Å². The van der Waals surface area contributed by atoms with Crippen LogP contribution in [-0.4, -0.2) is 40.1 Å². The van der Waals surface area contributed by atoms with Crippen LogP contribution in [-0.2, 0) is 10.9 Å². The fourth-order valence-corrected chi connectivity index (χ4v) is 11.9. The quantitative estimate of drug-likeness (QED) is 0.244. The Bertz CT molecular complexity index is 1070. The van der Waals surface area contributed by atoms with Gasteiger partial charge in [0, 0.05) is 26.9 Å². The molecule has 3 rings (SSSR count). The van der Waals surface area contributed by atoms with Crippen LogP contribution in [0.25, 0.3) is 0 Å². The number of methoxy groups -OCH3 is 1. The number of ether oxygens (including phenoxy) is 2. The molecule has 2 heterocycles. The summed E-state index contributed by atoms with van der Waals surface area (Å²) in [5, 5.41) is 0. The molecular weight excluding hydrogens is 528 g/mol. The number of nitrogens with one attached hydrogen (secondary N) is 1. The third-order valence-electron chi connectivity index (χ3n) is 5.13. The van der Waals surface area contributed by atoms with Gasteiger partial charge in [-0.3, -0.25) is 9.78 Å². The predicted molar refractivity (Wildman–Crippen MR) is 136 cm³/mol. The number of nitrogen functional groups attached to an aromatic ring is 1. The molecule has 172 valence electrons. The third-order valence-corrected chi connectivity index (χ3v) is 15.3. The number of alkyl halides is 1. The van der Waals surface area contributed by atoms with Gasteiger partial charge in [-0.25, -0.2) is 4.98 Å². The molecule has 1 aliphatic heterocycles. The molecule has 1 aliphatic rings. The summed E-state index contributed by atoms with van der Waals surface area (Å²) in [6.45, 7) is 11.3. The van der Waals surface area contributed by atoms with E-state index in [2.05, 4.69) is 37.4 Å². The second-order valence-electron chi connectivity index (χ2n) is 8.86. The number of hydrogen-bond donors (Lipinski definition) is 2. The van der Waals surface area contributed by atoms with Gasteiger partial charge in [-0.2, -0.15) is 0 Å². The molecule has 1 aromatic carbocycles. The van der Waals surface area contributed by atoms with E-state index in [-0.39, 0.29) is 17.1 Å². The van der Waals surface area contributed by atoms with E-state index in [9.17, 15) is 4.79 Å². The van der Waals surface area contributed by atoms with Gasteiger partial charge in [0.25, 0.3) is 5.56 Å². The summed E-state index contributed by atoms with van der Waals surface area (Å²) >= 11 is 0.331. The zero-order valence-corrected chi connectivity index (χ0v) is 22.2. The van der Waals surface area contributed by atoms with Crippen LogP contribution in [0.15, 0.2) is 23.0 Å². The van der Waals surface area contributed by atoms with E-state index in [0.29, 0.717) is 56.1 Å². The average Bonchev–Trinajstić information content (AvgIpc) is 3.38. The smallest absolute Gasteiger partial charge is 0.256 e. The number of hydrogen-bond acceptors (Lipinski definition) is 6. The number of benzene rings is 1. The van der Waals surface area contributed by atoms with E-state index in [1.165, 1.54) is 4.17 Å². The lowest BCUT2D eigenvalue weighted by molar-refractivity contribution is 0.0858. The molecule has 0 amide bonds. The molecule has 0 radical (unpaired) electrons. The van der Waals surface area contributed by atoms with Crippen molar-refractivity contribution in [1.82, 2.24) is 9.97 Å². The Morgan fingerprint density at radius 3 is 2.71 bits per heavy atom. The SMILES string of the molecule is COc1cc(OCC(C)CC(C)(C)OP2(C)=IC2)ccc1Cc1c(C)nc(N)[nH]c1=O. The van der Waals surface area contributed by atoms with Crippen LogP contribution >= 0.6 is 24.8 Å². The number of aryl methyl sites for hydroxylation is 1. The fraction of sp³-hybridized carbons (Fsp3) is 0.545. The van der Waals surface area contributed by atoms with Crippen LogP contribution in [0.1, 0.15) is 44.0 Å². The van der Waals surface area contributed by atoms with Gasteiger partial charge in [-0.15, -0.1) is 0 Å². The molecule has 0 fully saturated rings. The fourth-order valence-electron chi connectivity index (χ4n) is 3.80. The molecule has 7 nitrogen and oxygen atoms in total. The molecule has 2 unspecified atom stereocenters. The van der Waals surface area contributed by atoms with Crippen LogP contribution < -0.4 is 20.8 Å². The van der Waals surface area contributed by atoms with Crippen molar-refractivity contribution in [3.05, 3.63) is 45.4 Å². The zero-order valence-electron chi connectivity index (χ0n) is 19.1. The average molecular weight is 561 g/mol. The van der Waals surface area contributed by atoms with Crippen LogP contribution in [0.2, 0.25) is 0 Å². The van der Waals surface area contributed by atoms with Crippen molar-refractivity contribution < 1.29 is 14.0 Å². The van der Waals surface area contributed by atoms with E-state index < -0.39 is 4.67 Å². The Balaban J connectivity index is 1.63. The number of rotatable bonds is 10. The Hall–Kier alpha value is -1.38. The van der Waals surface area contributed by atoms with E-state index in [1.54, 1.807) is 14.0 Å². The highest BCUT2D eigenvalue weighted by molar-refractivity contribution is 14.2. The van der Waals surface area contributed by atoms with Crippen molar-refractivity contribution in [2.24, 2.45) is 5.92 Å². The van der Waals surface area contributed by atoms with E-state index in [0.717, 1.165) is 17.7 Å². The van der Waals surface area contributed by atoms with Gasteiger partial charge in [0.1, 0.15) is 11.5 Å². The highest BCUT2D eigenvalue weighted by atomic mass is 127. The molecule has 0 spiro atoms. The molecule has 2 aromatic rings. The van der Waals surface area contributed by atoms with Crippen LogP contribution in [0.5, 0.6) is 11.5 Å². The third kappa shape index (κ3) is 6.80. The number of anilines is 1. The Kier molecular flexibility index (Phi) is 7.54. The maximum absolute atomic E-state index is 12.3. The molecule has 0 saturated heterocycles. The van der Waals surface area contributed by atoms with Crippen molar-refractivity contribution in [3.63, 3.8) is 0 Å². The van der Waals surface area contributed by atoms with Crippen molar-refractivity contribution in [2.75, 3.05) is 30.3 Å².